The van der Waals surface area contributed by atoms with Crippen LogP contribution < -0.4 is 10.6 Å². The van der Waals surface area contributed by atoms with E-state index in [1.165, 1.54) is 24.9 Å². The molecule has 1 atom stereocenters. The smallest absolute Gasteiger partial charge is 0.0931 e. The first-order valence-corrected chi connectivity index (χ1v) is 6.78. The summed E-state index contributed by atoms with van der Waals surface area (Å²) in [6.45, 7) is 3.31. The van der Waals surface area contributed by atoms with Crippen LogP contribution in [0.15, 0.2) is 24.5 Å². The Kier molecular flexibility index (Phi) is 3.57. The maximum atomic E-state index is 4.23. The molecule has 4 heteroatoms. The number of aromatic nitrogens is 2. The summed E-state index contributed by atoms with van der Waals surface area (Å²) >= 11 is 0. The molecule has 4 nitrogen and oxygen atoms in total. The topological polar surface area (TPSA) is 52.7 Å². The van der Waals surface area contributed by atoms with E-state index < -0.39 is 0 Å². The molecule has 2 heterocycles. The quantitative estimate of drug-likeness (QED) is 0.698. The minimum Gasteiger partial charge on any atom is -0.345 e. The zero-order valence-corrected chi connectivity index (χ0v) is 10.6. The summed E-state index contributed by atoms with van der Waals surface area (Å²) in [7, 11) is 0. The van der Waals surface area contributed by atoms with E-state index in [4.69, 9.17) is 0 Å². The Labute approximate surface area is 107 Å². The number of benzene rings is 1. The van der Waals surface area contributed by atoms with Crippen molar-refractivity contribution in [2.45, 2.75) is 25.3 Å². The van der Waals surface area contributed by atoms with E-state index in [0.717, 1.165) is 30.5 Å². The van der Waals surface area contributed by atoms with Gasteiger partial charge in [0.1, 0.15) is 0 Å². The molecule has 0 spiro atoms. The van der Waals surface area contributed by atoms with E-state index in [1.54, 1.807) is 6.33 Å². The lowest BCUT2D eigenvalue weighted by Crippen LogP contribution is -2.34. The molecule has 0 saturated carbocycles. The highest BCUT2D eigenvalue weighted by Crippen LogP contribution is 2.11. The second kappa shape index (κ2) is 5.50. The molecular weight excluding hydrogens is 224 g/mol. The van der Waals surface area contributed by atoms with E-state index in [0.29, 0.717) is 6.04 Å². The number of imidazole rings is 1. The lowest BCUT2D eigenvalue weighted by atomic mass is 10.1. The van der Waals surface area contributed by atoms with Crippen molar-refractivity contribution < 1.29 is 0 Å². The summed E-state index contributed by atoms with van der Waals surface area (Å²) in [6.07, 6.45) is 5.45. The van der Waals surface area contributed by atoms with Gasteiger partial charge in [-0.2, -0.15) is 0 Å². The molecule has 0 aliphatic carbocycles. The number of hydrogen-bond donors (Lipinski definition) is 3. The number of H-pyrrole nitrogens is 1. The molecule has 0 bridgehead atoms. The predicted octanol–water partition coefficient (Wildman–Crippen LogP) is 1.45. The Morgan fingerprint density at radius 1 is 1.39 bits per heavy atom. The maximum absolute atomic E-state index is 4.23. The lowest BCUT2D eigenvalue weighted by Gasteiger charge is -2.11. The Balaban J connectivity index is 1.47. The fraction of sp³-hybridized carbons (Fsp3) is 0.500. The highest BCUT2D eigenvalue weighted by Gasteiger charge is 2.12. The zero-order valence-electron chi connectivity index (χ0n) is 10.6. The standard InChI is InChI=1S/C14H20N4/c1-2-12(16-6-1)9-15-7-5-11-3-4-13-14(8-11)18-10-17-13/h3-4,8,10,12,15-16H,1-2,5-7,9H2,(H,17,18). The number of rotatable bonds is 5. The highest BCUT2D eigenvalue weighted by atomic mass is 15.0. The molecule has 0 amide bonds. The Morgan fingerprint density at radius 2 is 2.39 bits per heavy atom. The molecule has 1 aliphatic rings. The summed E-state index contributed by atoms with van der Waals surface area (Å²) in [6, 6.07) is 7.12. The van der Waals surface area contributed by atoms with Gasteiger partial charge < -0.3 is 15.6 Å². The third kappa shape index (κ3) is 2.71. The van der Waals surface area contributed by atoms with E-state index in [1.807, 2.05) is 0 Å². The minimum absolute atomic E-state index is 0.681. The monoisotopic (exact) mass is 244 g/mol. The molecule has 1 aromatic carbocycles. The van der Waals surface area contributed by atoms with Gasteiger partial charge in [0.25, 0.3) is 0 Å². The maximum Gasteiger partial charge on any atom is 0.0931 e. The van der Waals surface area contributed by atoms with Crippen LogP contribution in [0.5, 0.6) is 0 Å². The van der Waals surface area contributed by atoms with Gasteiger partial charge in [-0.1, -0.05) is 6.07 Å². The first kappa shape index (κ1) is 11.7. The van der Waals surface area contributed by atoms with Gasteiger partial charge in [-0.15, -0.1) is 0 Å². The van der Waals surface area contributed by atoms with E-state index in [-0.39, 0.29) is 0 Å². The van der Waals surface area contributed by atoms with Gasteiger partial charge in [0.15, 0.2) is 0 Å². The van der Waals surface area contributed by atoms with Crippen LogP contribution in [0.4, 0.5) is 0 Å². The normalized spacial score (nSPS) is 19.7. The van der Waals surface area contributed by atoms with E-state index in [2.05, 4.69) is 38.8 Å². The van der Waals surface area contributed by atoms with Crippen LogP contribution in [0.1, 0.15) is 18.4 Å². The molecule has 1 fully saturated rings. The van der Waals surface area contributed by atoms with Crippen molar-refractivity contribution in [3.63, 3.8) is 0 Å². The second-order valence-corrected chi connectivity index (χ2v) is 5.00. The third-order valence-corrected chi connectivity index (χ3v) is 3.63. The van der Waals surface area contributed by atoms with Gasteiger partial charge >= 0.3 is 0 Å². The summed E-state index contributed by atoms with van der Waals surface area (Å²) in [5, 5.41) is 7.03. The van der Waals surface area contributed by atoms with E-state index in [9.17, 15) is 0 Å². The SMILES string of the molecule is c1nc2ccc(CCNCC3CCCN3)cc2[nH]1. The molecule has 1 aromatic heterocycles. The van der Waals surface area contributed by atoms with Crippen LogP contribution in [-0.2, 0) is 6.42 Å². The molecule has 2 aromatic rings. The fourth-order valence-corrected chi connectivity index (χ4v) is 2.58. The van der Waals surface area contributed by atoms with Crippen LogP contribution in [0.2, 0.25) is 0 Å². The van der Waals surface area contributed by atoms with Crippen molar-refractivity contribution in [1.29, 1.82) is 0 Å². The molecular formula is C14H20N4. The average Bonchev–Trinajstić information content (AvgIpc) is 3.05. The van der Waals surface area contributed by atoms with Crippen LogP contribution in [0.3, 0.4) is 0 Å². The van der Waals surface area contributed by atoms with Crippen LogP contribution in [0, 0.1) is 0 Å². The minimum atomic E-state index is 0.681. The predicted molar refractivity (Wildman–Crippen MR) is 73.7 cm³/mol. The van der Waals surface area contributed by atoms with Crippen LogP contribution >= 0.6 is 0 Å². The van der Waals surface area contributed by atoms with Crippen molar-refractivity contribution >= 4 is 11.0 Å². The van der Waals surface area contributed by atoms with Crippen molar-refractivity contribution in [3.8, 4) is 0 Å². The van der Waals surface area contributed by atoms with Gasteiger partial charge in [0, 0.05) is 12.6 Å². The van der Waals surface area contributed by atoms with E-state index >= 15 is 0 Å². The Bertz CT molecular complexity index is 499. The van der Waals surface area contributed by atoms with Crippen LogP contribution in [-0.4, -0.2) is 35.6 Å². The largest absolute Gasteiger partial charge is 0.345 e. The first-order valence-electron chi connectivity index (χ1n) is 6.78. The molecule has 3 rings (SSSR count). The third-order valence-electron chi connectivity index (χ3n) is 3.63. The van der Waals surface area contributed by atoms with Crippen molar-refractivity contribution in [3.05, 3.63) is 30.1 Å². The summed E-state index contributed by atoms with van der Waals surface area (Å²) < 4.78 is 0. The number of fused-ring (bicyclic) bond motifs is 1. The number of hydrogen-bond acceptors (Lipinski definition) is 3. The highest BCUT2D eigenvalue weighted by molar-refractivity contribution is 5.75. The van der Waals surface area contributed by atoms with Gasteiger partial charge in [-0.25, -0.2) is 4.98 Å². The molecule has 3 N–H and O–H groups in total. The number of nitrogens with one attached hydrogen (secondary N) is 3. The molecule has 18 heavy (non-hydrogen) atoms. The zero-order chi connectivity index (χ0) is 12.2. The summed E-state index contributed by atoms with van der Waals surface area (Å²) in [4.78, 5) is 7.38. The number of nitrogens with zero attached hydrogens (tertiary/aromatic N) is 1. The van der Waals surface area contributed by atoms with Crippen molar-refractivity contribution in [2.24, 2.45) is 0 Å². The summed E-state index contributed by atoms with van der Waals surface area (Å²) in [5.41, 5.74) is 3.53. The molecule has 1 aliphatic heterocycles. The molecule has 1 saturated heterocycles. The van der Waals surface area contributed by atoms with Gasteiger partial charge in [0.2, 0.25) is 0 Å². The lowest BCUT2D eigenvalue weighted by molar-refractivity contribution is 0.538. The second-order valence-electron chi connectivity index (χ2n) is 5.00. The molecule has 96 valence electrons. The van der Waals surface area contributed by atoms with Gasteiger partial charge in [-0.3, -0.25) is 0 Å². The first-order chi connectivity index (χ1) is 8.92. The van der Waals surface area contributed by atoms with Gasteiger partial charge in [-0.05, 0) is 50.0 Å². The van der Waals surface area contributed by atoms with Crippen molar-refractivity contribution in [1.82, 2.24) is 20.6 Å². The molecule has 0 radical (unpaired) electrons. The Hall–Kier alpha value is -1.39. The van der Waals surface area contributed by atoms with Crippen LogP contribution in [0.25, 0.3) is 11.0 Å². The Morgan fingerprint density at radius 3 is 3.28 bits per heavy atom. The average molecular weight is 244 g/mol. The van der Waals surface area contributed by atoms with Crippen molar-refractivity contribution in [2.75, 3.05) is 19.6 Å². The molecule has 1 unspecified atom stereocenters. The van der Waals surface area contributed by atoms with Gasteiger partial charge in [0.05, 0.1) is 17.4 Å². The number of aromatic amines is 1. The summed E-state index contributed by atoms with van der Waals surface area (Å²) in [5.74, 6) is 0. The fourth-order valence-electron chi connectivity index (χ4n) is 2.58.